The van der Waals surface area contributed by atoms with Gasteiger partial charge < -0.3 is 14.8 Å². The van der Waals surface area contributed by atoms with Gasteiger partial charge in [0.25, 0.3) is 5.91 Å². The lowest BCUT2D eigenvalue weighted by molar-refractivity contribution is -0.122. The van der Waals surface area contributed by atoms with Gasteiger partial charge in [0.1, 0.15) is 11.5 Å². The molecule has 1 aliphatic rings. The van der Waals surface area contributed by atoms with E-state index in [1.807, 2.05) is 50.2 Å². The normalized spacial score (nSPS) is 14.5. The van der Waals surface area contributed by atoms with Crippen molar-refractivity contribution in [2.24, 2.45) is 0 Å². The van der Waals surface area contributed by atoms with Crippen molar-refractivity contribution in [3.8, 4) is 11.5 Å². The molecule has 0 aromatic heterocycles. The van der Waals surface area contributed by atoms with Crippen molar-refractivity contribution in [1.82, 2.24) is 0 Å². The van der Waals surface area contributed by atoms with E-state index >= 15 is 0 Å². The zero-order valence-electron chi connectivity index (χ0n) is 15.7. The molecule has 0 unspecified atom stereocenters. The molecule has 0 fully saturated rings. The fraction of sp³-hybridized carbons (Fsp3) is 0.409. The number of ether oxygens (including phenoxy) is 2. The van der Waals surface area contributed by atoms with Crippen LogP contribution in [0.5, 0.6) is 11.5 Å². The van der Waals surface area contributed by atoms with Crippen LogP contribution in [0.2, 0.25) is 0 Å². The Kier molecular flexibility index (Phi) is 5.82. The number of hydrogen-bond acceptors (Lipinski definition) is 3. The van der Waals surface area contributed by atoms with E-state index in [0.29, 0.717) is 5.69 Å². The van der Waals surface area contributed by atoms with Gasteiger partial charge in [-0.05, 0) is 75.8 Å². The van der Waals surface area contributed by atoms with E-state index in [0.717, 1.165) is 24.3 Å². The van der Waals surface area contributed by atoms with Crippen LogP contribution in [-0.4, -0.2) is 18.1 Å². The number of rotatable bonds is 6. The molecule has 0 saturated heterocycles. The lowest BCUT2D eigenvalue weighted by Crippen LogP contribution is -2.30. The maximum absolute atomic E-state index is 12.5. The van der Waals surface area contributed by atoms with Gasteiger partial charge in [-0.25, -0.2) is 0 Å². The van der Waals surface area contributed by atoms with E-state index in [1.165, 1.54) is 24.0 Å². The summed E-state index contributed by atoms with van der Waals surface area (Å²) in [6.45, 7) is 5.73. The molecular weight excluding hydrogens is 326 g/mol. The lowest BCUT2D eigenvalue weighted by atomic mass is 9.91. The first kappa shape index (κ1) is 18.3. The highest BCUT2D eigenvalue weighted by molar-refractivity contribution is 5.94. The van der Waals surface area contributed by atoms with Crippen LogP contribution in [0.25, 0.3) is 0 Å². The number of aryl methyl sites for hydroxylation is 1. The zero-order valence-corrected chi connectivity index (χ0v) is 15.7. The summed E-state index contributed by atoms with van der Waals surface area (Å²) in [5.41, 5.74) is 3.31. The second-order valence-corrected chi connectivity index (χ2v) is 7.04. The molecule has 1 amide bonds. The SMILES string of the molecule is CC(C)Oc1cccc(NC(=O)[C@@H](C)Oc2cccc3c2CCCC3)c1. The van der Waals surface area contributed by atoms with Crippen molar-refractivity contribution in [3.63, 3.8) is 0 Å². The van der Waals surface area contributed by atoms with Crippen molar-refractivity contribution in [1.29, 1.82) is 0 Å². The van der Waals surface area contributed by atoms with Gasteiger partial charge in [0.05, 0.1) is 6.10 Å². The molecule has 0 heterocycles. The van der Waals surface area contributed by atoms with Gasteiger partial charge in [-0.1, -0.05) is 18.2 Å². The number of amides is 1. The molecule has 26 heavy (non-hydrogen) atoms. The molecule has 4 heteroatoms. The second kappa shape index (κ2) is 8.26. The molecule has 1 atom stereocenters. The van der Waals surface area contributed by atoms with Crippen molar-refractivity contribution < 1.29 is 14.3 Å². The summed E-state index contributed by atoms with van der Waals surface area (Å²) in [4.78, 5) is 12.5. The van der Waals surface area contributed by atoms with Crippen LogP contribution in [-0.2, 0) is 17.6 Å². The predicted molar refractivity (Wildman–Crippen MR) is 104 cm³/mol. The van der Waals surface area contributed by atoms with Gasteiger partial charge in [0.2, 0.25) is 0 Å². The molecule has 1 N–H and O–H groups in total. The Morgan fingerprint density at radius 3 is 2.58 bits per heavy atom. The third-order valence-corrected chi connectivity index (χ3v) is 4.50. The van der Waals surface area contributed by atoms with Gasteiger partial charge in [-0.2, -0.15) is 0 Å². The summed E-state index contributed by atoms with van der Waals surface area (Å²) in [5.74, 6) is 1.41. The Hall–Kier alpha value is -2.49. The first-order chi connectivity index (χ1) is 12.5. The van der Waals surface area contributed by atoms with Gasteiger partial charge in [-0.3, -0.25) is 4.79 Å². The van der Waals surface area contributed by atoms with Gasteiger partial charge >= 0.3 is 0 Å². The molecule has 0 saturated carbocycles. The molecule has 0 bridgehead atoms. The van der Waals surface area contributed by atoms with Gasteiger partial charge in [0, 0.05) is 11.8 Å². The standard InChI is InChI=1S/C22H27NO3/c1-15(2)25-19-11-7-10-18(14-19)23-22(24)16(3)26-21-13-6-9-17-8-4-5-12-20(17)21/h6-7,9-11,13-16H,4-5,8,12H2,1-3H3,(H,23,24)/t16-/m1/s1. The van der Waals surface area contributed by atoms with Crippen LogP contribution in [0, 0.1) is 0 Å². The third kappa shape index (κ3) is 4.57. The number of carbonyl (C=O) groups excluding carboxylic acids is 1. The Morgan fingerprint density at radius 2 is 1.77 bits per heavy atom. The summed E-state index contributed by atoms with van der Waals surface area (Å²) in [7, 11) is 0. The average Bonchev–Trinajstić information content (AvgIpc) is 2.61. The maximum Gasteiger partial charge on any atom is 0.265 e. The quantitative estimate of drug-likeness (QED) is 0.814. The molecule has 1 aliphatic carbocycles. The van der Waals surface area contributed by atoms with Crippen LogP contribution in [0.1, 0.15) is 44.7 Å². The second-order valence-electron chi connectivity index (χ2n) is 7.04. The van der Waals surface area contributed by atoms with Crippen molar-refractivity contribution in [2.45, 2.75) is 58.7 Å². The first-order valence-electron chi connectivity index (χ1n) is 9.38. The number of nitrogens with one attached hydrogen (secondary N) is 1. The van der Waals surface area contributed by atoms with Gasteiger partial charge in [0.15, 0.2) is 6.10 Å². The largest absolute Gasteiger partial charge is 0.491 e. The number of benzene rings is 2. The molecule has 2 aromatic carbocycles. The van der Waals surface area contributed by atoms with Crippen LogP contribution >= 0.6 is 0 Å². The Morgan fingerprint density at radius 1 is 1.00 bits per heavy atom. The Bertz CT molecular complexity index is 770. The number of fused-ring (bicyclic) bond motifs is 1. The summed E-state index contributed by atoms with van der Waals surface area (Å²) in [6.07, 6.45) is 4.03. The minimum atomic E-state index is -0.571. The first-order valence-corrected chi connectivity index (χ1v) is 9.38. The zero-order chi connectivity index (χ0) is 18.5. The molecule has 0 aliphatic heterocycles. The molecule has 2 aromatic rings. The minimum Gasteiger partial charge on any atom is -0.491 e. The lowest BCUT2D eigenvalue weighted by Gasteiger charge is -2.22. The van der Waals surface area contributed by atoms with E-state index in [4.69, 9.17) is 9.47 Å². The minimum absolute atomic E-state index is 0.0902. The van der Waals surface area contributed by atoms with E-state index in [-0.39, 0.29) is 12.0 Å². The van der Waals surface area contributed by atoms with Crippen LogP contribution in [0.15, 0.2) is 42.5 Å². The van der Waals surface area contributed by atoms with E-state index < -0.39 is 6.10 Å². The summed E-state index contributed by atoms with van der Waals surface area (Å²) < 4.78 is 11.7. The Balaban J connectivity index is 1.65. The van der Waals surface area contributed by atoms with Crippen molar-refractivity contribution >= 4 is 11.6 Å². The highest BCUT2D eigenvalue weighted by Gasteiger charge is 2.19. The van der Waals surface area contributed by atoms with E-state index in [2.05, 4.69) is 11.4 Å². The summed E-state index contributed by atoms with van der Waals surface area (Å²) in [6, 6.07) is 13.6. The third-order valence-electron chi connectivity index (χ3n) is 4.50. The number of carbonyl (C=O) groups is 1. The van der Waals surface area contributed by atoms with Gasteiger partial charge in [-0.15, -0.1) is 0 Å². The molecule has 0 radical (unpaired) electrons. The van der Waals surface area contributed by atoms with Crippen LogP contribution in [0.4, 0.5) is 5.69 Å². The van der Waals surface area contributed by atoms with Crippen molar-refractivity contribution in [2.75, 3.05) is 5.32 Å². The molecule has 4 nitrogen and oxygen atoms in total. The molecule has 3 rings (SSSR count). The average molecular weight is 353 g/mol. The summed E-state index contributed by atoms with van der Waals surface area (Å²) in [5, 5.41) is 2.91. The monoisotopic (exact) mass is 353 g/mol. The van der Waals surface area contributed by atoms with Crippen LogP contribution in [0.3, 0.4) is 0 Å². The fourth-order valence-corrected chi connectivity index (χ4v) is 3.26. The Labute approximate surface area is 155 Å². The molecule has 0 spiro atoms. The fourth-order valence-electron chi connectivity index (χ4n) is 3.26. The van der Waals surface area contributed by atoms with E-state index in [9.17, 15) is 4.79 Å². The topological polar surface area (TPSA) is 47.6 Å². The maximum atomic E-state index is 12.5. The molecule has 138 valence electrons. The number of anilines is 1. The van der Waals surface area contributed by atoms with E-state index in [1.54, 1.807) is 6.92 Å². The summed E-state index contributed by atoms with van der Waals surface area (Å²) >= 11 is 0. The predicted octanol–water partition coefficient (Wildman–Crippen LogP) is 4.76. The number of hydrogen-bond donors (Lipinski definition) is 1. The van der Waals surface area contributed by atoms with Crippen LogP contribution < -0.4 is 14.8 Å². The highest BCUT2D eigenvalue weighted by Crippen LogP contribution is 2.30. The smallest absolute Gasteiger partial charge is 0.265 e. The highest BCUT2D eigenvalue weighted by atomic mass is 16.5. The molecular formula is C22H27NO3. The van der Waals surface area contributed by atoms with Crippen molar-refractivity contribution in [3.05, 3.63) is 53.6 Å².